The Morgan fingerprint density at radius 3 is 2.58 bits per heavy atom. The summed E-state index contributed by atoms with van der Waals surface area (Å²) in [6.45, 7) is 4.48. The standard InChI is InChI=1S/C20H25N5O/c1-21-16-7-5-15(6-8-16)19-22-17-9-10-18(23-20(17)26-19)24(2)13-14-25-11-3-4-12-25/h5-10,21H,3-4,11-14H2,1-2H3. The van der Waals surface area contributed by atoms with Gasteiger partial charge in [-0.05, 0) is 62.3 Å². The first kappa shape index (κ1) is 16.8. The summed E-state index contributed by atoms with van der Waals surface area (Å²) in [6.07, 6.45) is 2.65. The molecule has 0 atom stereocenters. The van der Waals surface area contributed by atoms with Crippen LogP contribution in [0.25, 0.3) is 22.7 Å². The van der Waals surface area contributed by atoms with E-state index in [1.165, 1.54) is 25.9 Å². The zero-order valence-electron chi connectivity index (χ0n) is 15.4. The molecule has 1 saturated heterocycles. The van der Waals surface area contributed by atoms with Gasteiger partial charge in [0.15, 0.2) is 0 Å². The lowest BCUT2D eigenvalue weighted by atomic mass is 10.2. The van der Waals surface area contributed by atoms with Gasteiger partial charge >= 0.3 is 0 Å². The number of hydrogen-bond donors (Lipinski definition) is 1. The lowest BCUT2D eigenvalue weighted by molar-refractivity contribution is 0.346. The van der Waals surface area contributed by atoms with Crippen LogP contribution in [0.2, 0.25) is 0 Å². The number of nitrogens with zero attached hydrogens (tertiary/aromatic N) is 4. The summed E-state index contributed by atoms with van der Waals surface area (Å²) in [6, 6.07) is 12.0. The molecule has 3 aromatic rings. The van der Waals surface area contributed by atoms with E-state index in [2.05, 4.69) is 32.1 Å². The lowest BCUT2D eigenvalue weighted by Crippen LogP contribution is -2.31. The molecule has 0 spiro atoms. The Morgan fingerprint density at radius 2 is 1.85 bits per heavy atom. The van der Waals surface area contributed by atoms with Crippen LogP contribution in [-0.4, -0.2) is 55.1 Å². The smallest absolute Gasteiger partial charge is 0.249 e. The fourth-order valence-electron chi connectivity index (χ4n) is 3.34. The monoisotopic (exact) mass is 351 g/mol. The molecule has 0 radical (unpaired) electrons. The Labute approximate surface area is 153 Å². The largest absolute Gasteiger partial charge is 0.418 e. The number of likely N-dealkylation sites (N-methyl/N-ethyl adjacent to an activating group) is 1. The molecule has 136 valence electrons. The number of fused-ring (bicyclic) bond motifs is 1. The third-order valence-corrected chi connectivity index (χ3v) is 5.00. The van der Waals surface area contributed by atoms with Crippen LogP contribution >= 0.6 is 0 Å². The number of nitrogens with one attached hydrogen (secondary N) is 1. The molecular weight excluding hydrogens is 326 g/mol. The highest BCUT2D eigenvalue weighted by Crippen LogP contribution is 2.26. The van der Waals surface area contributed by atoms with Crippen LogP contribution in [-0.2, 0) is 0 Å². The van der Waals surface area contributed by atoms with E-state index in [0.717, 1.165) is 35.7 Å². The summed E-state index contributed by atoms with van der Waals surface area (Å²) in [7, 11) is 3.98. The molecule has 6 nitrogen and oxygen atoms in total. The van der Waals surface area contributed by atoms with Crippen molar-refractivity contribution < 1.29 is 4.42 Å². The number of benzene rings is 1. The van der Waals surface area contributed by atoms with Crippen LogP contribution in [0.5, 0.6) is 0 Å². The molecule has 0 saturated carbocycles. The Morgan fingerprint density at radius 1 is 1.08 bits per heavy atom. The van der Waals surface area contributed by atoms with Crippen molar-refractivity contribution in [3.8, 4) is 11.5 Å². The normalized spacial score (nSPS) is 14.8. The van der Waals surface area contributed by atoms with Crippen molar-refractivity contribution in [2.75, 3.05) is 50.5 Å². The summed E-state index contributed by atoms with van der Waals surface area (Å²) in [5.74, 6) is 1.52. The summed E-state index contributed by atoms with van der Waals surface area (Å²) in [4.78, 5) is 13.9. The second-order valence-corrected chi connectivity index (χ2v) is 6.81. The molecule has 1 aliphatic rings. The zero-order valence-corrected chi connectivity index (χ0v) is 15.4. The van der Waals surface area contributed by atoms with Gasteiger partial charge in [-0.2, -0.15) is 4.98 Å². The van der Waals surface area contributed by atoms with E-state index in [4.69, 9.17) is 4.42 Å². The highest BCUT2D eigenvalue weighted by molar-refractivity contribution is 5.75. The van der Waals surface area contributed by atoms with Crippen LogP contribution in [0, 0.1) is 0 Å². The lowest BCUT2D eigenvalue weighted by Gasteiger charge is -2.22. The second kappa shape index (κ2) is 7.33. The van der Waals surface area contributed by atoms with Crippen LogP contribution in [0.1, 0.15) is 12.8 Å². The molecular formula is C20H25N5O. The van der Waals surface area contributed by atoms with Crippen molar-refractivity contribution in [3.63, 3.8) is 0 Å². The second-order valence-electron chi connectivity index (χ2n) is 6.81. The van der Waals surface area contributed by atoms with Crippen LogP contribution < -0.4 is 10.2 Å². The van der Waals surface area contributed by atoms with Gasteiger partial charge in [-0.1, -0.05) is 0 Å². The van der Waals surface area contributed by atoms with Gasteiger partial charge in [0.05, 0.1) is 0 Å². The highest BCUT2D eigenvalue weighted by Gasteiger charge is 2.14. The predicted molar refractivity (Wildman–Crippen MR) is 106 cm³/mol. The topological polar surface area (TPSA) is 57.4 Å². The van der Waals surface area contributed by atoms with E-state index in [1.807, 2.05) is 43.4 Å². The van der Waals surface area contributed by atoms with Crippen LogP contribution in [0.15, 0.2) is 40.8 Å². The summed E-state index contributed by atoms with van der Waals surface area (Å²) < 4.78 is 5.92. The van der Waals surface area contributed by atoms with Crippen molar-refractivity contribution in [2.24, 2.45) is 0 Å². The highest BCUT2D eigenvalue weighted by atomic mass is 16.4. The molecule has 1 N–H and O–H groups in total. The van der Waals surface area contributed by atoms with Gasteiger partial charge in [0.25, 0.3) is 0 Å². The van der Waals surface area contributed by atoms with E-state index in [9.17, 15) is 0 Å². The van der Waals surface area contributed by atoms with E-state index in [-0.39, 0.29) is 0 Å². The maximum Gasteiger partial charge on any atom is 0.249 e. The number of likely N-dealkylation sites (tertiary alicyclic amines) is 1. The number of anilines is 2. The zero-order chi connectivity index (χ0) is 17.9. The summed E-state index contributed by atoms with van der Waals surface area (Å²) in [5, 5.41) is 3.11. The molecule has 4 rings (SSSR count). The minimum atomic E-state index is 0.586. The molecule has 1 aliphatic heterocycles. The van der Waals surface area contributed by atoms with Gasteiger partial charge in [0.1, 0.15) is 11.3 Å². The number of oxazole rings is 1. The number of rotatable bonds is 6. The van der Waals surface area contributed by atoms with Gasteiger partial charge < -0.3 is 19.5 Å². The maximum atomic E-state index is 5.92. The molecule has 0 bridgehead atoms. The third-order valence-electron chi connectivity index (χ3n) is 5.00. The molecule has 1 aromatic carbocycles. The third kappa shape index (κ3) is 3.51. The fraction of sp³-hybridized carbons (Fsp3) is 0.400. The Balaban J connectivity index is 1.51. The fourth-order valence-corrected chi connectivity index (χ4v) is 3.34. The number of pyridine rings is 1. The van der Waals surface area contributed by atoms with Gasteiger partial charge in [0, 0.05) is 38.4 Å². The van der Waals surface area contributed by atoms with E-state index in [0.29, 0.717) is 11.6 Å². The Bertz CT molecular complexity index is 868. The molecule has 6 heteroatoms. The predicted octanol–water partition coefficient (Wildman–Crippen LogP) is 3.46. The number of aromatic nitrogens is 2. The van der Waals surface area contributed by atoms with Gasteiger partial charge in [-0.15, -0.1) is 0 Å². The first-order valence-corrected chi connectivity index (χ1v) is 9.22. The molecule has 0 aliphatic carbocycles. The molecule has 0 unspecified atom stereocenters. The van der Waals surface area contributed by atoms with Crippen molar-refractivity contribution in [3.05, 3.63) is 36.4 Å². The Hall–Kier alpha value is -2.60. The van der Waals surface area contributed by atoms with Crippen molar-refractivity contribution in [1.29, 1.82) is 0 Å². The average molecular weight is 351 g/mol. The van der Waals surface area contributed by atoms with Crippen molar-refractivity contribution >= 4 is 22.7 Å². The van der Waals surface area contributed by atoms with Crippen LogP contribution in [0.4, 0.5) is 11.5 Å². The SMILES string of the molecule is CNc1ccc(-c2nc3ccc(N(C)CCN4CCCC4)nc3o2)cc1. The quantitative estimate of drug-likeness (QED) is 0.734. The molecule has 26 heavy (non-hydrogen) atoms. The Kier molecular flexibility index (Phi) is 4.75. The van der Waals surface area contributed by atoms with Gasteiger partial charge in [0.2, 0.25) is 11.6 Å². The minimum absolute atomic E-state index is 0.586. The van der Waals surface area contributed by atoms with Crippen molar-refractivity contribution in [2.45, 2.75) is 12.8 Å². The molecule has 0 amide bonds. The molecule has 1 fully saturated rings. The average Bonchev–Trinajstić information content (AvgIpc) is 3.35. The van der Waals surface area contributed by atoms with E-state index >= 15 is 0 Å². The van der Waals surface area contributed by atoms with Gasteiger partial charge in [-0.25, -0.2) is 4.98 Å². The first-order chi connectivity index (χ1) is 12.7. The van der Waals surface area contributed by atoms with E-state index in [1.54, 1.807) is 0 Å². The summed E-state index contributed by atoms with van der Waals surface area (Å²) >= 11 is 0. The van der Waals surface area contributed by atoms with Gasteiger partial charge in [-0.3, -0.25) is 0 Å². The maximum absolute atomic E-state index is 5.92. The van der Waals surface area contributed by atoms with Crippen LogP contribution in [0.3, 0.4) is 0 Å². The van der Waals surface area contributed by atoms with E-state index < -0.39 is 0 Å². The van der Waals surface area contributed by atoms with Crippen molar-refractivity contribution in [1.82, 2.24) is 14.9 Å². The minimum Gasteiger partial charge on any atom is -0.418 e. The number of hydrogen-bond acceptors (Lipinski definition) is 6. The molecule has 2 aromatic heterocycles. The first-order valence-electron chi connectivity index (χ1n) is 9.22. The molecule has 3 heterocycles. The summed E-state index contributed by atoms with van der Waals surface area (Å²) in [5.41, 5.74) is 3.38.